The lowest BCUT2D eigenvalue weighted by Gasteiger charge is -2.09. The van der Waals surface area contributed by atoms with Crippen LogP contribution in [0, 0.1) is 11.6 Å². The van der Waals surface area contributed by atoms with Gasteiger partial charge in [-0.05, 0) is 35.4 Å². The molecular formula is C16H10Cl2N5O+. The van der Waals surface area contributed by atoms with E-state index in [1.807, 2.05) is 24.3 Å². The van der Waals surface area contributed by atoms with Crippen molar-refractivity contribution in [2.24, 2.45) is 0 Å². The van der Waals surface area contributed by atoms with Crippen molar-refractivity contribution < 1.29 is 11.6 Å². The lowest BCUT2D eigenvalue weighted by molar-refractivity contribution is -0.296. The summed E-state index contributed by atoms with van der Waals surface area (Å²) >= 11 is 11.4. The first-order chi connectivity index (χ1) is 11.6. The second-order valence-electron chi connectivity index (χ2n) is 5.06. The highest BCUT2D eigenvalue weighted by molar-refractivity contribution is 6.30. The van der Waals surface area contributed by atoms with Crippen LogP contribution in [0.5, 0.6) is 0 Å². The summed E-state index contributed by atoms with van der Waals surface area (Å²) in [6, 6.07) is 10.9. The predicted molar refractivity (Wildman–Crippen MR) is 87.8 cm³/mol. The Morgan fingerprint density at radius 1 is 1.00 bits per heavy atom. The normalized spacial score (nSPS) is 11.1. The van der Waals surface area contributed by atoms with E-state index in [2.05, 4.69) is 20.3 Å². The Hall–Kier alpha value is -2.70. The van der Waals surface area contributed by atoms with Crippen LogP contribution in [0.4, 0.5) is 0 Å². The summed E-state index contributed by atoms with van der Waals surface area (Å²) in [5.41, 5.74) is 3.10. The van der Waals surface area contributed by atoms with Gasteiger partial charge >= 0.3 is 10.8 Å². The van der Waals surface area contributed by atoms with E-state index >= 15 is 0 Å². The Morgan fingerprint density at radius 2 is 1.67 bits per heavy atom. The summed E-state index contributed by atoms with van der Waals surface area (Å²) in [5, 5.41) is 11.6. The van der Waals surface area contributed by atoms with Crippen LogP contribution >= 0.6 is 11.6 Å². The molecule has 0 radical (unpaired) electrons. The largest absolute Gasteiger partial charge is 0.364 e. The van der Waals surface area contributed by atoms with Gasteiger partial charge in [0.2, 0.25) is 0 Å². The highest BCUT2D eigenvalue weighted by atomic mass is 35.5. The third-order valence-corrected chi connectivity index (χ3v) is 4.17. The number of hydrogen-bond acceptors (Lipinski definition) is 4. The first kappa shape index (κ1) is 14.9. The molecule has 0 saturated heterocycles. The van der Waals surface area contributed by atoms with Crippen molar-refractivity contribution in [2.75, 3.05) is 0 Å². The number of halogens is 2. The lowest BCUT2D eigenvalue weighted by Crippen LogP contribution is -2.13. The summed E-state index contributed by atoms with van der Waals surface area (Å²) in [4.78, 5) is 16.0. The topological polar surface area (TPSA) is 75.9 Å². The Bertz CT molecular complexity index is 1090. The average molecular weight is 359 g/mol. The second-order valence-corrected chi connectivity index (χ2v) is 5.89. The van der Waals surface area contributed by atoms with Crippen molar-refractivity contribution in [3.63, 3.8) is 0 Å². The van der Waals surface area contributed by atoms with Gasteiger partial charge in [-0.1, -0.05) is 23.7 Å². The monoisotopic (exact) mass is 358 g/mol. The van der Waals surface area contributed by atoms with Crippen molar-refractivity contribution in [3.05, 3.63) is 69.5 Å². The van der Waals surface area contributed by atoms with Crippen LogP contribution in [-0.2, 0) is 0 Å². The molecule has 1 N–H and O–H groups in total. The predicted octanol–water partition coefficient (Wildman–Crippen LogP) is 2.50. The molecule has 4 aromatic rings. The zero-order valence-electron chi connectivity index (χ0n) is 12.1. The van der Waals surface area contributed by atoms with E-state index in [1.54, 1.807) is 24.5 Å². The Labute approximate surface area is 145 Å². The van der Waals surface area contributed by atoms with Crippen LogP contribution in [0.3, 0.4) is 0 Å². The second kappa shape index (κ2) is 5.74. The number of pyridine rings is 1. The molecule has 3 heterocycles. The fourth-order valence-corrected chi connectivity index (χ4v) is 3.01. The number of fused-ring (bicyclic) bond motifs is 1. The minimum atomic E-state index is -0.437. The quantitative estimate of drug-likeness (QED) is 0.597. The fourth-order valence-electron chi connectivity index (χ4n) is 2.58. The molecule has 0 fully saturated rings. The highest BCUT2D eigenvalue weighted by Crippen LogP contribution is 2.36. The van der Waals surface area contributed by atoms with Gasteiger partial charge in [-0.15, -0.1) is 5.10 Å². The standard InChI is InChI=1S/C16H9Cl2N5O/c17-11-3-1-9(2-4-11)13-12(10-5-7-19-8-6-10)14(18)22-23-15(13)20-21-16(23)24/h1-8,18H/p+1. The van der Waals surface area contributed by atoms with Crippen molar-refractivity contribution in [3.8, 4) is 22.3 Å². The third kappa shape index (κ3) is 2.36. The average Bonchev–Trinajstić information content (AvgIpc) is 2.96. The molecule has 0 spiro atoms. The van der Waals surface area contributed by atoms with Gasteiger partial charge in [0.25, 0.3) is 0 Å². The van der Waals surface area contributed by atoms with Gasteiger partial charge in [0.15, 0.2) is 17.2 Å². The Balaban J connectivity index is 2.15. The van der Waals surface area contributed by atoms with Crippen LogP contribution in [0.2, 0.25) is 10.2 Å². The summed E-state index contributed by atoms with van der Waals surface area (Å²) < 4.78 is 1.18. The number of nitrogens with one attached hydrogen (secondary N) is 1. The number of rotatable bonds is 2. The van der Waals surface area contributed by atoms with Gasteiger partial charge in [0.1, 0.15) is 0 Å². The van der Waals surface area contributed by atoms with Crippen LogP contribution < -0.4 is 5.69 Å². The number of aromatic amines is 1. The van der Waals surface area contributed by atoms with E-state index in [0.717, 1.165) is 22.3 Å². The molecule has 0 aliphatic rings. The molecule has 4 rings (SSSR count). The maximum Gasteiger partial charge on any atom is 0.364 e. The lowest BCUT2D eigenvalue weighted by atomic mass is 9.97. The molecular weight excluding hydrogens is 349 g/mol. The van der Waals surface area contributed by atoms with Gasteiger partial charge in [0, 0.05) is 23.0 Å². The summed E-state index contributed by atoms with van der Waals surface area (Å²) in [5.74, 6) is 0. The number of benzene rings is 1. The first-order valence-electron chi connectivity index (χ1n) is 7.00. The van der Waals surface area contributed by atoms with Gasteiger partial charge in [-0.25, -0.2) is 9.89 Å². The summed E-state index contributed by atoms with van der Waals surface area (Å²) in [6.45, 7) is 0. The molecule has 6 nitrogen and oxygen atoms in total. The van der Waals surface area contributed by atoms with Gasteiger partial charge in [-0.2, -0.15) is 9.61 Å². The summed E-state index contributed by atoms with van der Waals surface area (Å²) in [7, 11) is 0. The number of H-pyrrole nitrogens is 1. The first-order valence-corrected chi connectivity index (χ1v) is 7.78. The van der Waals surface area contributed by atoms with E-state index in [0.29, 0.717) is 15.8 Å². The smallest absolute Gasteiger partial charge is 0.265 e. The van der Waals surface area contributed by atoms with Gasteiger partial charge < -0.3 is 0 Å². The molecule has 0 bridgehead atoms. The zero-order chi connectivity index (χ0) is 16.7. The minimum absolute atomic E-state index is 0.308. The van der Waals surface area contributed by atoms with E-state index in [1.165, 1.54) is 4.52 Å². The third-order valence-electron chi connectivity index (χ3n) is 3.63. The fraction of sp³-hybridized carbons (Fsp3) is 0. The molecule has 0 unspecified atom stereocenters. The molecule has 1 aromatic carbocycles. The number of aromatic nitrogens is 5. The Kier molecular flexibility index (Phi) is 3.55. The molecule has 8 heteroatoms. The Morgan fingerprint density at radius 3 is 2.38 bits per heavy atom. The highest BCUT2D eigenvalue weighted by Gasteiger charge is 2.24. The van der Waals surface area contributed by atoms with Crippen molar-refractivity contribution >= 4 is 17.2 Å². The van der Waals surface area contributed by atoms with Crippen LogP contribution in [0.15, 0.2) is 53.6 Å². The maximum atomic E-state index is 11.9. The van der Waals surface area contributed by atoms with E-state index in [9.17, 15) is 4.79 Å². The van der Waals surface area contributed by atoms with E-state index < -0.39 is 5.69 Å². The van der Waals surface area contributed by atoms with Crippen molar-refractivity contribution in [1.82, 2.24) is 24.8 Å². The summed E-state index contributed by atoms with van der Waals surface area (Å²) in [6.07, 6.45) is 3.35. The van der Waals surface area contributed by atoms with Crippen molar-refractivity contribution in [2.45, 2.75) is 0 Å². The van der Waals surface area contributed by atoms with Gasteiger partial charge in [0.05, 0.1) is 5.56 Å². The number of hydrogen-bond donors (Lipinski definition) is 1. The minimum Gasteiger partial charge on any atom is -0.265 e. The number of nitrogens with zero attached hydrogens (tertiary/aromatic N) is 4. The molecule has 0 saturated carbocycles. The SMILES string of the molecule is O=c1[nH]nc2c(-c3ccc(Cl)cc3)c(-c3ccncc3)c([ClH+])nn12. The molecule has 0 aliphatic heterocycles. The maximum absolute atomic E-state index is 11.9. The van der Waals surface area contributed by atoms with E-state index in [-0.39, 0.29) is 0 Å². The van der Waals surface area contributed by atoms with Crippen LogP contribution in [0.25, 0.3) is 27.9 Å². The molecule has 118 valence electrons. The van der Waals surface area contributed by atoms with E-state index in [4.69, 9.17) is 23.2 Å². The zero-order valence-corrected chi connectivity index (χ0v) is 13.7. The molecule has 0 aliphatic carbocycles. The molecule has 24 heavy (non-hydrogen) atoms. The van der Waals surface area contributed by atoms with Crippen molar-refractivity contribution in [1.29, 1.82) is 0 Å². The van der Waals surface area contributed by atoms with Crippen LogP contribution in [0.1, 0.15) is 0 Å². The molecule has 3 aromatic heterocycles. The molecule has 0 amide bonds. The molecule has 0 atom stereocenters. The van der Waals surface area contributed by atoms with Crippen LogP contribution in [-0.4, -0.2) is 24.8 Å². The van der Waals surface area contributed by atoms with Gasteiger partial charge in [-0.3, -0.25) is 4.98 Å².